The number of rotatable bonds is 2. The molecule has 1 fully saturated rings. The van der Waals surface area contributed by atoms with Gasteiger partial charge in [0.2, 0.25) is 11.8 Å². The van der Waals surface area contributed by atoms with Gasteiger partial charge in [0, 0.05) is 16.4 Å². The van der Waals surface area contributed by atoms with Gasteiger partial charge in [-0.15, -0.1) is 0 Å². The molecular weight excluding hydrogens is 398 g/mol. The lowest BCUT2D eigenvalue weighted by atomic mass is 9.42. The molecule has 0 aromatic heterocycles. The fourth-order valence-corrected chi connectivity index (χ4v) is 6.67. The summed E-state index contributed by atoms with van der Waals surface area (Å²) in [4.78, 5) is 41.0. The average molecular weight is 421 g/mol. The van der Waals surface area contributed by atoms with Crippen molar-refractivity contribution in [2.75, 3.05) is 4.90 Å². The minimum absolute atomic E-state index is 0.0479. The van der Waals surface area contributed by atoms with Crippen molar-refractivity contribution in [2.24, 2.45) is 11.8 Å². The van der Waals surface area contributed by atoms with Gasteiger partial charge in [0.25, 0.3) is 0 Å². The van der Waals surface area contributed by atoms with Crippen molar-refractivity contribution in [3.8, 4) is 0 Å². The first-order valence-electron chi connectivity index (χ1n) is 11.0. The predicted molar refractivity (Wildman–Crippen MR) is 122 cm³/mol. The second-order valence-corrected chi connectivity index (χ2v) is 9.57. The molecule has 0 radical (unpaired) electrons. The number of Topliss-reactive ketones (excluding diaryl/α,β-unsaturated/α-hetero) is 1. The zero-order chi connectivity index (χ0) is 22.4. The summed E-state index contributed by atoms with van der Waals surface area (Å²) >= 11 is 0. The second-order valence-electron chi connectivity index (χ2n) is 9.57. The maximum Gasteiger partial charge on any atom is 0.238 e. The Hall–Kier alpha value is -3.53. The molecular formula is C28H23NO3. The number of benzene rings is 3. The fraction of sp³-hybridized carbons (Fsp3) is 0.250. The molecule has 1 aliphatic heterocycles. The topological polar surface area (TPSA) is 54.5 Å². The lowest BCUT2D eigenvalue weighted by Gasteiger charge is -2.57. The highest BCUT2D eigenvalue weighted by atomic mass is 16.2. The molecule has 7 rings (SSSR count). The molecule has 2 atom stereocenters. The zero-order valence-corrected chi connectivity index (χ0v) is 18.3. The van der Waals surface area contributed by atoms with Crippen LogP contribution in [0.5, 0.6) is 0 Å². The van der Waals surface area contributed by atoms with Crippen LogP contribution in [0.15, 0.2) is 72.8 Å². The largest absolute Gasteiger partial charge is 0.295 e. The standard InChI is InChI=1S/C28H23NO3/c1-16(30)17-12-14-18(15-13-17)29-25(31)23-24(26(29)32)28(3)21-10-6-4-8-19(21)27(23,2)20-9-5-7-11-22(20)28/h4-15,23-24H,1-3H3/t23-,24-,27?,28?/m0/s1. The van der Waals surface area contributed by atoms with E-state index in [2.05, 4.69) is 38.1 Å². The molecule has 0 spiro atoms. The van der Waals surface area contributed by atoms with E-state index in [4.69, 9.17) is 0 Å². The fourth-order valence-electron chi connectivity index (χ4n) is 6.67. The molecule has 0 N–H and O–H groups in total. The Labute approximate surface area is 186 Å². The third-order valence-electron chi connectivity index (χ3n) is 8.17. The first-order chi connectivity index (χ1) is 15.3. The summed E-state index contributed by atoms with van der Waals surface area (Å²) in [6.07, 6.45) is 0. The van der Waals surface area contributed by atoms with Crippen LogP contribution in [0.3, 0.4) is 0 Å². The van der Waals surface area contributed by atoms with Crippen molar-refractivity contribution in [1.82, 2.24) is 0 Å². The second kappa shape index (κ2) is 6.04. The monoisotopic (exact) mass is 421 g/mol. The van der Waals surface area contributed by atoms with Gasteiger partial charge in [0.1, 0.15) is 0 Å². The number of imide groups is 1. The number of ketones is 1. The molecule has 4 nitrogen and oxygen atoms in total. The number of hydrogen-bond acceptors (Lipinski definition) is 3. The van der Waals surface area contributed by atoms with E-state index in [0.717, 1.165) is 22.3 Å². The van der Waals surface area contributed by atoms with E-state index < -0.39 is 22.7 Å². The quantitative estimate of drug-likeness (QED) is 0.448. The summed E-state index contributed by atoms with van der Waals surface area (Å²) in [5, 5.41) is 0. The zero-order valence-electron chi connectivity index (χ0n) is 18.3. The van der Waals surface area contributed by atoms with E-state index >= 15 is 0 Å². The SMILES string of the molecule is CC(=O)c1ccc(N2C(=O)[C@@H]3[C@@H](C2=O)C2(C)c4ccccc4C3(C)c3ccccc32)cc1. The van der Waals surface area contributed by atoms with Crippen LogP contribution in [0.4, 0.5) is 5.69 Å². The van der Waals surface area contributed by atoms with Crippen LogP contribution in [-0.2, 0) is 20.4 Å². The van der Waals surface area contributed by atoms with Crippen LogP contribution >= 0.6 is 0 Å². The smallest absolute Gasteiger partial charge is 0.238 e. The molecule has 2 amide bonds. The molecule has 3 aliphatic carbocycles. The van der Waals surface area contributed by atoms with E-state index in [1.807, 2.05) is 24.3 Å². The number of carbonyl (C=O) groups is 3. The molecule has 3 aromatic carbocycles. The molecule has 3 aromatic rings. The Morgan fingerprint density at radius 2 is 1.06 bits per heavy atom. The van der Waals surface area contributed by atoms with Gasteiger partial charge >= 0.3 is 0 Å². The van der Waals surface area contributed by atoms with E-state index in [0.29, 0.717) is 11.3 Å². The molecule has 1 saturated heterocycles. The van der Waals surface area contributed by atoms with Crippen molar-refractivity contribution in [1.29, 1.82) is 0 Å². The highest BCUT2D eigenvalue weighted by Gasteiger charge is 2.70. The van der Waals surface area contributed by atoms with Crippen LogP contribution in [0.25, 0.3) is 0 Å². The average Bonchev–Trinajstić information content (AvgIpc) is 3.08. The van der Waals surface area contributed by atoms with Gasteiger partial charge < -0.3 is 0 Å². The third kappa shape index (κ3) is 2.01. The van der Waals surface area contributed by atoms with Crippen LogP contribution < -0.4 is 4.90 Å². The van der Waals surface area contributed by atoms with E-state index in [1.54, 1.807) is 24.3 Å². The lowest BCUT2D eigenvalue weighted by molar-refractivity contribution is -0.124. The van der Waals surface area contributed by atoms with Crippen molar-refractivity contribution in [3.63, 3.8) is 0 Å². The van der Waals surface area contributed by atoms with Crippen molar-refractivity contribution >= 4 is 23.3 Å². The Bertz CT molecular complexity index is 1220. The molecule has 0 unspecified atom stereocenters. The minimum atomic E-state index is -0.587. The normalized spacial score (nSPS) is 29.5. The molecule has 4 heteroatoms. The summed E-state index contributed by atoms with van der Waals surface area (Å²) < 4.78 is 0. The van der Waals surface area contributed by atoms with Crippen molar-refractivity contribution < 1.29 is 14.4 Å². The highest BCUT2D eigenvalue weighted by molar-refractivity contribution is 6.24. The summed E-state index contributed by atoms with van der Waals surface area (Å²) in [5.41, 5.74) is 4.46. The Kier molecular flexibility index (Phi) is 3.62. The third-order valence-corrected chi connectivity index (χ3v) is 8.17. The molecule has 32 heavy (non-hydrogen) atoms. The first kappa shape index (κ1) is 19.2. The Balaban J connectivity index is 1.60. The maximum atomic E-state index is 14.0. The molecule has 4 aliphatic rings. The van der Waals surface area contributed by atoms with Gasteiger partial charge in [-0.1, -0.05) is 62.4 Å². The maximum absolute atomic E-state index is 14.0. The van der Waals surface area contributed by atoms with E-state index in [9.17, 15) is 14.4 Å². The van der Waals surface area contributed by atoms with Gasteiger partial charge in [-0.25, -0.2) is 4.90 Å². The van der Waals surface area contributed by atoms with Gasteiger partial charge in [-0.2, -0.15) is 0 Å². The van der Waals surface area contributed by atoms with Gasteiger partial charge in [-0.05, 0) is 53.4 Å². The van der Waals surface area contributed by atoms with Gasteiger partial charge in [0.05, 0.1) is 17.5 Å². The van der Waals surface area contributed by atoms with Crippen LogP contribution in [0.2, 0.25) is 0 Å². The molecule has 2 bridgehead atoms. The number of anilines is 1. The van der Waals surface area contributed by atoms with Crippen molar-refractivity contribution in [2.45, 2.75) is 31.6 Å². The lowest BCUT2D eigenvalue weighted by Crippen LogP contribution is -2.59. The van der Waals surface area contributed by atoms with Crippen LogP contribution in [-0.4, -0.2) is 17.6 Å². The van der Waals surface area contributed by atoms with Gasteiger partial charge in [0.15, 0.2) is 5.78 Å². The molecule has 158 valence electrons. The summed E-state index contributed by atoms with van der Waals surface area (Å²) in [6, 6.07) is 23.3. The number of nitrogens with zero attached hydrogens (tertiary/aromatic N) is 1. The summed E-state index contributed by atoms with van der Waals surface area (Å²) in [5.74, 6) is -1.32. The Morgan fingerprint density at radius 3 is 1.41 bits per heavy atom. The van der Waals surface area contributed by atoms with Crippen LogP contribution in [0, 0.1) is 11.8 Å². The van der Waals surface area contributed by atoms with E-state index in [-0.39, 0.29) is 17.6 Å². The summed E-state index contributed by atoms with van der Waals surface area (Å²) in [6.45, 7) is 5.74. The highest BCUT2D eigenvalue weighted by Crippen LogP contribution is 2.66. The predicted octanol–water partition coefficient (Wildman–Crippen LogP) is 4.63. The number of amides is 2. The van der Waals surface area contributed by atoms with Crippen LogP contribution in [0.1, 0.15) is 53.4 Å². The molecule has 1 heterocycles. The first-order valence-corrected chi connectivity index (χ1v) is 11.0. The van der Waals surface area contributed by atoms with Gasteiger partial charge in [-0.3, -0.25) is 14.4 Å². The number of carbonyl (C=O) groups excluding carboxylic acids is 3. The minimum Gasteiger partial charge on any atom is -0.295 e. The molecule has 0 saturated carbocycles. The van der Waals surface area contributed by atoms with Crippen molar-refractivity contribution in [3.05, 3.63) is 101 Å². The number of hydrogen-bond donors (Lipinski definition) is 0. The summed E-state index contributed by atoms with van der Waals surface area (Å²) in [7, 11) is 0. The van der Waals surface area contributed by atoms with E-state index in [1.165, 1.54) is 11.8 Å². The Morgan fingerprint density at radius 1 is 0.688 bits per heavy atom.